The number of thiocarbonyl (C=S) groups is 1. The zero-order valence-electron chi connectivity index (χ0n) is 23.6. The van der Waals surface area contributed by atoms with Crippen LogP contribution in [0.4, 0.5) is 5.82 Å². The second-order valence-electron chi connectivity index (χ2n) is 10.3. The third-order valence-corrected chi connectivity index (χ3v) is 9.09. The molecule has 0 radical (unpaired) electrons. The van der Waals surface area contributed by atoms with Gasteiger partial charge in [-0.2, -0.15) is 0 Å². The molecular formula is C32H30N4O4S2. The number of ether oxygens (including phenoxy) is 2. The van der Waals surface area contributed by atoms with Crippen molar-refractivity contribution in [2.24, 2.45) is 0 Å². The van der Waals surface area contributed by atoms with E-state index in [2.05, 4.69) is 23.1 Å². The first kappa shape index (κ1) is 28.0. The largest absolute Gasteiger partial charge is 0.493 e. The lowest BCUT2D eigenvalue weighted by molar-refractivity contribution is -0.122. The summed E-state index contributed by atoms with van der Waals surface area (Å²) in [5.74, 6) is 1.65. The van der Waals surface area contributed by atoms with E-state index in [1.165, 1.54) is 22.9 Å². The minimum atomic E-state index is -0.215. The van der Waals surface area contributed by atoms with Gasteiger partial charge in [-0.15, -0.1) is 0 Å². The van der Waals surface area contributed by atoms with Crippen molar-refractivity contribution in [3.05, 3.63) is 104 Å². The molecule has 0 bridgehead atoms. The fourth-order valence-corrected chi connectivity index (χ4v) is 6.74. The van der Waals surface area contributed by atoms with Gasteiger partial charge in [0, 0.05) is 25.8 Å². The summed E-state index contributed by atoms with van der Waals surface area (Å²) >= 11 is 6.83. The predicted octanol–water partition coefficient (Wildman–Crippen LogP) is 5.03. The molecule has 0 aliphatic carbocycles. The number of amides is 1. The standard InChI is InChI=1S/C32H30N4O4S2/c1-20-7-6-14-35-28(20)33-29(34-15-13-22-8-4-5-9-23(22)19-34)24(30(35)37)18-27-31(38)36(32(41)42-27)16-12-21-10-11-25(39-2)26(17-21)40-3/h4-11,14,17-18H,12-13,15-16,19H2,1-3H3. The van der Waals surface area contributed by atoms with Gasteiger partial charge in [0.2, 0.25) is 0 Å². The first-order valence-electron chi connectivity index (χ1n) is 13.7. The second kappa shape index (κ2) is 11.6. The van der Waals surface area contributed by atoms with Gasteiger partial charge in [-0.1, -0.05) is 60.4 Å². The minimum absolute atomic E-state index is 0.214. The predicted molar refractivity (Wildman–Crippen MR) is 171 cm³/mol. The van der Waals surface area contributed by atoms with Crippen LogP contribution in [0, 0.1) is 6.92 Å². The number of nitrogens with zero attached hydrogens (tertiary/aromatic N) is 4. The smallest absolute Gasteiger partial charge is 0.267 e. The Balaban J connectivity index is 1.34. The Morgan fingerprint density at radius 2 is 1.81 bits per heavy atom. The maximum atomic E-state index is 13.9. The quantitative estimate of drug-likeness (QED) is 0.217. The van der Waals surface area contributed by atoms with Crippen molar-refractivity contribution in [2.45, 2.75) is 26.3 Å². The maximum absolute atomic E-state index is 13.9. The van der Waals surface area contributed by atoms with Crippen LogP contribution in [0.3, 0.4) is 0 Å². The summed E-state index contributed by atoms with van der Waals surface area (Å²) in [5, 5.41) is 0. The molecule has 10 heteroatoms. The van der Waals surface area contributed by atoms with E-state index in [1.807, 2.05) is 43.3 Å². The van der Waals surface area contributed by atoms with E-state index in [-0.39, 0.29) is 11.5 Å². The molecule has 2 aromatic carbocycles. The van der Waals surface area contributed by atoms with E-state index in [0.717, 1.165) is 24.1 Å². The summed E-state index contributed by atoms with van der Waals surface area (Å²) < 4.78 is 12.8. The monoisotopic (exact) mass is 598 g/mol. The summed E-state index contributed by atoms with van der Waals surface area (Å²) in [7, 11) is 3.19. The van der Waals surface area contributed by atoms with Crippen LogP contribution in [-0.4, -0.2) is 51.8 Å². The Morgan fingerprint density at radius 3 is 2.60 bits per heavy atom. The number of methoxy groups -OCH3 is 2. The van der Waals surface area contributed by atoms with Crippen molar-refractivity contribution in [1.82, 2.24) is 14.3 Å². The summed E-state index contributed by atoms with van der Waals surface area (Å²) in [6.07, 6.45) is 4.83. The molecule has 0 saturated carbocycles. The first-order chi connectivity index (χ1) is 20.4. The van der Waals surface area contributed by atoms with Crippen LogP contribution in [-0.2, 0) is 24.2 Å². The van der Waals surface area contributed by atoms with Crippen LogP contribution in [0.1, 0.15) is 27.8 Å². The van der Waals surface area contributed by atoms with Crippen LogP contribution >= 0.6 is 24.0 Å². The molecule has 1 saturated heterocycles. The summed E-state index contributed by atoms with van der Waals surface area (Å²) in [6, 6.07) is 17.8. The molecule has 2 aliphatic heterocycles. The number of fused-ring (bicyclic) bond motifs is 2. The second-order valence-corrected chi connectivity index (χ2v) is 11.9. The summed E-state index contributed by atoms with van der Waals surface area (Å²) in [5.41, 5.74) is 5.19. The van der Waals surface area contributed by atoms with Crippen molar-refractivity contribution in [1.29, 1.82) is 0 Å². The number of rotatable bonds is 7. The molecule has 2 aromatic heterocycles. The van der Waals surface area contributed by atoms with Gasteiger partial charge in [0.05, 0.1) is 24.7 Å². The van der Waals surface area contributed by atoms with Gasteiger partial charge >= 0.3 is 0 Å². The van der Waals surface area contributed by atoms with Crippen molar-refractivity contribution in [3.8, 4) is 11.5 Å². The zero-order chi connectivity index (χ0) is 29.4. The van der Waals surface area contributed by atoms with Crippen LogP contribution < -0.4 is 19.9 Å². The number of aryl methyl sites for hydroxylation is 1. The molecule has 214 valence electrons. The number of hydrogen-bond acceptors (Lipinski definition) is 8. The first-order valence-corrected chi connectivity index (χ1v) is 14.9. The van der Waals surface area contributed by atoms with E-state index in [4.69, 9.17) is 26.7 Å². The lowest BCUT2D eigenvalue weighted by Crippen LogP contribution is -2.34. The maximum Gasteiger partial charge on any atom is 0.267 e. The molecule has 4 aromatic rings. The van der Waals surface area contributed by atoms with E-state index >= 15 is 0 Å². The molecule has 8 nitrogen and oxygen atoms in total. The lowest BCUT2D eigenvalue weighted by atomic mass is 9.99. The fraction of sp³-hybridized carbons (Fsp3) is 0.250. The third kappa shape index (κ3) is 5.16. The van der Waals surface area contributed by atoms with Gasteiger partial charge in [-0.05, 0) is 66.3 Å². The van der Waals surface area contributed by atoms with Crippen molar-refractivity contribution in [2.75, 3.05) is 32.2 Å². The van der Waals surface area contributed by atoms with Gasteiger partial charge < -0.3 is 14.4 Å². The Hall–Kier alpha value is -4.15. The highest BCUT2D eigenvalue weighted by molar-refractivity contribution is 8.26. The van der Waals surface area contributed by atoms with Crippen LogP contribution in [0.2, 0.25) is 0 Å². The van der Waals surface area contributed by atoms with Gasteiger partial charge in [-0.25, -0.2) is 4.98 Å². The molecule has 0 spiro atoms. The van der Waals surface area contributed by atoms with E-state index in [9.17, 15) is 9.59 Å². The highest BCUT2D eigenvalue weighted by Gasteiger charge is 2.33. The molecule has 1 amide bonds. The summed E-state index contributed by atoms with van der Waals surface area (Å²) in [6.45, 7) is 3.71. The van der Waals surface area contributed by atoms with Crippen molar-refractivity contribution >= 4 is 51.7 Å². The number of thioether (sulfide) groups is 1. The number of hydrogen-bond donors (Lipinski definition) is 0. The van der Waals surface area contributed by atoms with Gasteiger partial charge in [-0.3, -0.25) is 18.9 Å². The minimum Gasteiger partial charge on any atom is -0.493 e. The third-order valence-electron chi connectivity index (χ3n) is 7.72. The molecule has 6 rings (SSSR count). The molecule has 0 atom stereocenters. The normalized spacial score (nSPS) is 15.9. The van der Waals surface area contributed by atoms with E-state index in [0.29, 0.717) is 57.3 Å². The summed E-state index contributed by atoms with van der Waals surface area (Å²) in [4.78, 5) is 36.7. The average molecular weight is 599 g/mol. The number of benzene rings is 2. The van der Waals surface area contributed by atoms with Crippen LogP contribution in [0.5, 0.6) is 11.5 Å². The van der Waals surface area contributed by atoms with Crippen molar-refractivity contribution in [3.63, 3.8) is 0 Å². The Kier molecular flexibility index (Phi) is 7.74. The van der Waals surface area contributed by atoms with Crippen LogP contribution in [0.25, 0.3) is 11.7 Å². The lowest BCUT2D eigenvalue weighted by Gasteiger charge is -2.31. The topological polar surface area (TPSA) is 76.4 Å². The average Bonchev–Trinajstić information content (AvgIpc) is 3.28. The zero-order valence-corrected chi connectivity index (χ0v) is 25.3. The van der Waals surface area contributed by atoms with Gasteiger partial charge in [0.25, 0.3) is 11.5 Å². The Bertz CT molecular complexity index is 1820. The van der Waals surface area contributed by atoms with Crippen molar-refractivity contribution < 1.29 is 14.3 Å². The Morgan fingerprint density at radius 1 is 1.02 bits per heavy atom. The van der Waals surface area contributed by atoms with E-state index < -0.39 is 0 Å². The van der Waals surface area contributed by atoms with Crippen LogP contribution in [0.15, 0.2) is 70.5 Å². The number of carbonyl (C=O) groups excluding carboxylic acids is 1. The molecular weight excluding hydrogens is 569 g/mol. The highest BCUT2D eigenvalue weighted by atomic mass is 32.2. The van der Waals surface area contributed by atoms with Gasteiger partial charge in [0.15, 0.2) is 11.5 Å². The molecule has 42 heavy (non-hydrogen) atoms. The number of carbonyl (C=O) groups is 1. The fourth-order valence-electron chi connectivity index (χ4n) is 5.45. The Labute approximate surface area is 253 Å². The number of aromatic nitrogens is 2. The molecule has 0 N–H and O–H groups in total. The number of anilines is 1. The number of pyridine rings is 1. The molecule has 1 fully saturated rings. The molecule has 0 unspecified atom stereocenters. The molecule has 4 heterocycles. The molecule has 2 aliphatic rings. The van der Waals surface area contributed by atoms with E-state index in [1.54, 1.807) is 35.8 Å². The van der Waals surface area contributed by atoms with Gasteiger partial charge in [0.1, 0.15) is 15.8 Å². The highest BCUT2D eigenvalue weighted by Crippen LogP contribution is 2.35. The SMILES string of the molecule is COc1ccc(CCN2C(=O)C(=Cc3c(N4CCc5ccccc5C4)nc4c(C)cccn4c3=O)SC2=S)cc1OC.